The van der Waals surface area contributed by atoms with Gasteiger partial charge in [-0.2, -0.15) is 0 Å². The second kappa shape index (κ2) is 10.6. The van der Waals surface area contributed by atoms with Crippen LogP contribution < -0.4 is 10.6 Å². The number of hydrogen-bond acceptors (Lipinski definition) is 4. The van der Waals surface area contributed by atoms with E-state index in [1.165, 1.54) is 6.92 Å². The van der Waals surface area contributed by atoms with Gasteiger partial charge in [0.15, 0.2) is 0 Å². The first-order valence-electron chi connectivity index (χ1n) is 8.41. The summed E-state index contributed by atoms with van der Waals surface area (Å²) < 4.78 is 25.8. The summed E-state index contributed by atoms with van der Waals surface area (Å²) in [6.45, 7) is 3.79. The van der Waals surface area contributed by atoms with Crippen molar-refractivity contribution in [3.05, 3.63) is 0 Å². The average molecular weight is 347 g/mol. The average Bonchev–Trinajstić information content (AvgIpc) is 2.52. The van der Waals surface area contributed by atoms with E-state index in [4.69, 9.17) is 0 Å². The quantitative estimate of drug-likeness (QED) is 0.566. The lowest BCUT2D eigenvalue weighted by atomic mass is 10.2. The molecule has 0 aromatic rings. The monoisotopic (exact) mass is 347 g/mol. The van der Waals surface area contributed by atoms with Crippen molar-refractivity contribution in [2.24, 2.45) is 0 Å². The predicted molar refractivity (Wildman–Crippen MR) is 89.4 cm³/mol. The number of hydrogen-bond donors (Lipinski definition) is 2. The minimum Gasteiger partial charge on any atom is -0.356 e. The molecule has 23 heavy (non-hydrogen) atoms. The van der Waals surface area contributed by atoms with E-state index in [-0.39, 0.29) is 17.6 Å². The summed E-state index contributed by atoms with van der Waals surface area (Å²) in [4.78, 5) is 22.3. The minimum atomic E-state index is -3.15. The summed E-state index contributed by atoms with van der Waals surface area (Å²) in [5.74, 6) is -0.0163. The van der Waals surface area contributed by atoms with Gasteiger partial charge in [0, 0.05) is 39.5 Å². The largest absolute Gasteiger partial charge is 0.356 e. The summed E-state index contributed by atoms with van der Waals surface area (Å²) in [7, 11) is -3.15. The zero-order valence-electron chi connectivity index (χ0n) is 14.0. The highest BCUT2D eigenvalue weighted by Gasteiger charge is 2.23. The maximum atomic E-state index is 12.1. The molecule has 0 aromatic carbocycles. The van der Waals surface area contributed by atoms with Crippen molar-refractivity contribution < 1.29 is 18.0 Å². The Kier molecular flexibility index (Phi) is 9.16. The van der Waals surface area contributed by atoms with Crippen LogP contribution in [0.2, 0.25) is 0 Å². The number of piperidine rings is 1. The number of amides is 2. The number of rotatable bonds is 10. The van der Waals surface area contributed by atoms with Crippen LogP contribution in [0.3, 0.4) is 0 Å². The van der Waals surface area contributed by atoms with Crippen molar-refractivity contribution >= 4 is 21.8 Å². The summed E-state index contributed by atoms with van der Waals surface area (Å²) in [5.41, 5.74) is 0. The van der Waals surface area contributed by atoms with E-state index in [0.717, 1.165) is 19.3 Å². The lowest BCUT2D eigenvalue weighted by molar-refractivity contribution is -0.121. The topological polar surface area (TPSA) is 95.6 Å². The molecule has 0 atom stereocenters. The molecule has 0 unspecified atom stereocenters. The SMILES string of the molecule is CC(=O)NCCCNC(=O)CCCCS(=O)(=O)N1CCCCC1. The third kappa shape index (κ3) is 8.90. The lowest BCUT2D eigenvalue weighted by Gasteiger charge is -2.25. The molecule has 2 N–H and O–H groups in total. The first kappa shape index (κ1) is 19.9. The predicted octanol–water partition coefficient (Wildman–Crippen LogP) is 0.615. The second-order valence-electron chi connectivity index (χ2n) is 5.92. The molecule has 0 saturated carbocycles. The first-order valence-corrected chi connectivity index (χ1v) is 10.0. The van der Waals surface area contributed by atoms with Crippen LogP contribution in [0.4, 0.5) is 0 Å². The molecule has 0 bridgehead atoms. The zero-order valence-corrected chi connectivity index (χ0v) is 14.8. The Morgan fingerprint density at radius 1 is 0.957 bits per heavy atom. The third-order valence-corrected chi connectivity index (χ3v) is 5.77. The highest BCUT2D eigenvalue weighted by Crippen LogP contribution is 2.14. The van der Waals surface area contributed by atoms with Gasteiger partial charge in [0.25, 0.3) is 0 Å². The molecule has 1 aliphatic rings. The lowest BCUT2D eigenvalue weighted by Crippen LogP contribution is -2.37. The van der Waals surface area contributed by atoms with Gasteiger partial charge in [0.05, 0.1) is 5.75 Å². The maximum Gasteiger partial charge on any atom is 0.219 e. The van der Waals surface area contributed by atoms with Crippen LogP contribution in [0.25, 0.3) is 0 Å². The minimum absolute atomic E-state index is 0.0665. The molecule has 2 amide bonds. The van der Waals surface area contributed by atoms with E-state index in [2.05, 4.69) is 10.6 Å². The van der Waals surface area contributed by atoms with Crippen molar-refractivity contribution in [2.75, 3.05) is 31.9 Å². The third-order valence-electron chi connectivity index (χ3n) is 3.81. The van der Waals surface area contributed by atoms with Crippen LogP contribution in [-0.2, 0) is 19.6 Å². The Balaban J connectivity index is 2.07. The van der Waals surface area contributed by atoms with Gasteiger partial charge >= 0.3 is 0 Å². The van der Waals surface area contributed by atoms with Crippen molar-refractivity contribution in [2.45, 2.75) is 51.9 Å². The number of sulfonamides is 1. The molecule has 1 heterocycles. The molecule has 7 nitrogen and oxygen atoms in total. The highest BCUT2D eigenvalue weighted by atomic mass is 32.2. The van der Waals surface area contributed by atoms with Gasteiger partial charge in [-0.3, -0.25) is 9.59 Å². The molecule has 1 fully saturated rings. The van der Waals surface area contributed by atoms with Gasteiger partial charge in [-0.25, -0.2) is 12.7 Å². The molecule has 1 saturated heterocycles. The number of nitrogens with zero attached hydrogens (tertiary/aromatic N) is 1. The van der Waals surface area contributed by atoms with Crippen molar-refractivity contribution in [1.82, 2.24) is 14.9 Å². The van der Waals surface area contributed by atoms with E-state index in [1.807, 2.05) is 0 Å². The fraction of sp³-hybridized carbons (Fsp3) is 0.867. The molecule has 0 radical (unpaired) electrons. The van der Waals surface area contributed by atoms with Crippen LogP contribution in [-0.4, -0.2) is 56.5 Å². The van der Waals surface area contributed by atoms with Gasteiger partial charge in [0.2, 0.25) is 21.8 Å². The normalized spacial score (nSPS) is 16.0. The van der Waals surface area contributed by atoms with Gasteiger partial charge in [0.1, 0.15) is 0 Å². The summed E-state index contributed by atoms with van der Waals surface area (Å²) in [5, 5.41) is 5.43. The molecule has 0 aromatic heterocycles. The van der Waals surface area contributed by atoms with Gasteiger partial charge < -0.3 is 10.6 Å². The fourth-order valence-electron chi connectivity index (χ4n) is 2.51. The number of unbranched alkanes of at least 4 members (excludes halogenated alkanes) is 1. The molecule has 8 heteroatoms. The van der Waals surface area contributed by atoms with Gasteiger partial charge in [-0.15, -0.1) is 0 Å². The summed E-state index contributed by atoms with van der Waals surface area (Å²) in [6.07, 6.45) is 5.11. The summed E-state index contributed by atoms with van der Waals surface area (Å²) >= 11 is 0. The van der Waals surface area contributed by atoms with Gasteiger partial charge in [-0.1, -0.05) is 6.42 Å². The Bertz CT molecular complexity index is 473. The first-order chi connectivity index (χ1) is 10.9. The molecule has 1 aliphatic heterocycles. The van der Waals surface area contributed by atoms with Crippen LogP contribution in [0.1, 0.15) is 51.9 Å². The van der Waals surface area contributed by atoms with Crippen molar-refractivity contribution in [3.8, 4) is 0 Å². The molecule has 0 spiro atoms. The van der Waals surface area contributed by atoms with E-state index in [9.17, 15) is 18.0 Å². The molecule has 134 valence electrons. The van der Waals surface area contributed by atoms with E-state index in [0.29, 0.717) is 51.9 Å². The van der Waals surface area contributed by atoms with Crippen molar-refractivity contribution in [3.63, 3.8) is 0 Å². The zero-order chi connectivity index (χ0) is 17.1. The number of carbonyl (C=O) groups is 2. The van der Waals surface area contributed by atoms with Gasteiger partial charge in [-0.05, 0) is 32.1 Å². The van der Waals surface area contributed by atoms with Crippen LogP contribution >= 0.6 is 0 Å². The molecule has 1 rings (SSSR count). The molecule has 0 aliphatic carbocycles. The molecular formula is C15H29N3O4S. The Morgan fingerprint density at radius 3 is 2.26 bits per heavy atom. The van der Waals surface area contributed by atoms with Crippen LogP contribution in [0.15, 0.2) is 0 Å². The number of nitrogens with one attached hydrogen (secondary N) is 2. The van der Waals surface area contributed by atoms with E-state index >= 15 is 0 Å². The van der Waals surface area contributed by atoms with Crippen molar-refractivity contribution in [1.29, 1.82) is 0 Å². The van der Waals surface area contributed by atoms with Crippen LogP contribution in [0, 0.1) is 0 Å². The van der Waals surface area contributed by atoms with E-state index in [1.54, 1.807) is 4.31 Å². The Labute approximate surface area is 139 Å². The smallest absolute Gasteiger partial charge is 0.219 e. The molecular weight excluding hydrogens is 318 g/mol. The Morgan fingerprint density at radius 2 is 1.61 bits per heavy atom. The van der Waals surface area contributed by atoms with E-state index < -0.39 is 10.0 Å². The fourth-order valence-corrected chi connectivity index (χ4v) is 4.15. The highest BCUT2D eigenvalue weighted by molar-refractivity contribution is 7.89. The maximum absolute atomic E-state index is 12.1. The number of carbonyl (C=O) groups excluding carboxylic acids is 2. The standard InChI is InChI=1S/C15H29N3O4S/c1-14(19)16-9-7-10-17-15(20)8-3-6-13-23(21,22)18-11-4-2-5-12-18/h2-13H2,1H3,(H,16,19)(H,17,20). The second-order valence-corrected chi connectivity index (χ2v) is 8.01. The summed E-state index contributed by atoms with van der Waals surface area (Å²) in [6, 6.07) is 0. The van der Waals surface area contributed by atoms with Crippen LogP contribution in [0.5, 0.6) is 0 Å². The Hall–Kier alpha value is -1.15.